The molecule has 1 aliphatic rings. The number of nitrogens with zero attached hydrogens (tertiary/aromatic N) is 1. The van der Waals surface area contributed by atoms with Crippen LogP contribution in [0.4, 0.5) is 5.82 Å². The molecule has 7 nitrogen and oxygen atoms in total. The Labute approximate surface area is 91.7 Å². The molecule has 1 saturated heterocycles. The van der Waals surface area contributed by atoms with E-state index >= 15 is 0 Å². The Balaban J connectivity index is 1.93. The van der Waals surface area contributed by atoms with Gasteiger partial charge in [0.15, 0.2) is 0 Å². The van der Waals surface area contributed by atoms with Crippen LogP contribution in [0.25, 0.3) is 0 Å². The molecule has 0 amide bonds. The predicted octanol–water partition coefficient (Wildman–Crippen LogP) is -1.13. The summed E-state index contributed by atoms with van der Waals surface area (Å²) >= 11 is 0. The molecule has 0 radical (unpaired) electrons. The molecule has 1 aromatic heterocycles. The molecular formula is C9H15N5O2. The zero-order chi connectivity index (χ0) is 11.4. The maximum atomic E-state index is 11.3. The van der Waals surface area contributed by atoms with Crippen LogP contribution in [0.3, 0.4) is 0 Å². The number of H-pyrrole nitrogens is 2. The van der Waals surface area contributed by atoms with Crippen LogP contribution in [0.1, 0.15) is 12.8 Å². The zero-order valence-corrected chi connectivity index (χ0v) is 8.88. The van der Waals surface area contributed by atoms with Gasteiger partial charge in [0, 0.05) is 6.54 Å². The third-order valence-electron chi connectivity index (χ3n) is 2.73. The standard InChI is InChI=1S/C9H15N5O2/c15-8-7(13-14-9(16)12-8)11-5-6-1-3-10-4-2-6/h6,10H,1-5H2,(H,11,13)(H2,12,14,15,16). The normalized spacial score (nSPS) is 17.2. The first kappa shape index (κ1) is 10.9. The molecule has 2 heterocycles. The number of hydrogen-bond acceptors (Lipinski definition) is 5. The third kappa shape index (κ3) is 2.69. The van der Waals surface area contributed by atoms with Crippen LogP contribution in [0.5, 0.6) is 0 Å². The van der Waals surface area contributed by atoms with Gasteiger partial charge in [0.05, 0.1) is 0 Å². The Bertz CT molecular complexity index is 446. The van der Waals surface area contributed by atoms with E-state index in [1.807, 2.05) is 0 Å². The van der Waals surface area contributed by atoms with Crippen LogP contribution in [-0.4, -0.2) is 34.8 Å². The molecule has 88 valence electrons. The van der Waals surface area contributed by atoms with E-state index in [4.69, 9.17) is 0 Å². The van der Waals surface area contributed by atoms with E-state index in [-0.39, 0.29) is 5.82 Å². The lowest BCUT2D eigenvalue weighted by atomic mass is 9.98. The smallest absolute Gasteiger partial charge is 0.342 e. The summed E-state index contributed by atoms with van der Waals surface area (Å²) in [6.07, 6.45) is 2.18. The van der Waals surface area contributed by atoms with Gasteiger partial charge in [-0.2, -0.15) is 0 Å². The number of aromatic amines is 2. The van der Waals surface area contributed by atoms with Gasteiger partial charge in [-0.25, -0.2) is 9.89 Å². The van der Waals surface area contributed by atoms with Gasteiger partial charge in [0.25, 0.3) is 5.56 Å². The average molecular weight is 225 g/mol. The molecule has 0 atom stereocenters. The van der Waals surface area contributed by atoms with Crippen LogP contribution >= 0.6 is 0 Å². The van der Waals surface area contributed by atoms with Crippen molar-refractivity contribution in [3.8, 4) is 0 Å². The first-order valence-electron chi connectivity index (χ1n) is 5.39. The minimum Gasteiger partial charge on any atom is -0.364 e. The van der Waals surface area contributed by atoms with E-state index in [1.54, 1.807) is 0 Å². The number of nitrogens with one attached hydrogen (secondary N) is 4. The van der Waals surface area contributed by atoms with Crippen molar-refractivity contribution in [2.45, 2.75) is 12.8 Å². The number of hydrogen-bond donors (Lipinski definition) is 4. The summed E-state index contributed by atoms with van der Waals surface area (Å²) in [5.41, 5.74) is -1.06. The molecule has 0 unspecified atom stereocenters. The molecular weight excluding hydrogens is 210 g/mol. The Morgan fingerprint density at radius 2 is 2.06 bits per heavy atom. The Kier molecular flexibility index (Phi) is 3.35. The molecule has 0 aliphatic carbocycles. The molecule has 7 heteroatoms. The van der Waals surface area contributed by atoms with Gasteiger partial charge in [-0.15, -0.1) is 5.10 Å². The van der Waals surface area contributed by atoms with Crippen molar-refractivity contribution in [2.75, 3.05) is 25.0 Å². The van der Waals surface area contributed by atoms with Gasteiger partial charge < -0.3 is 10.6 Å². The van der Waals surface area contributed by atoms with Gasteiger partial charge >= 0.3 is 5.69 Å². The molecule has 1 aliphatic heterocycles. The molecule has 0 saturated carbocycles. The minimum atomic E-state index is -0.586. The van der Waals surface area contributed by atoms with Crippen molar-refractivity contribution in [1.29, 1.82) is 0 Å². The molecule has 0 bridgehead atoms. The summed E-state index contributed by atoms with van der Waals surface area (Å²) in [5, 5.41) is 12.1. The Hall–Kier alpha value is -1.63. The number of anilines is 1. The molecule has 16 heavy (non-hydrogen) atoms. The summed E-state index contributed by atoms with van der Waals surface area (Å²) in [6.45, 7) is 2.74. The Morgan fingerprint density at radius 1 is 1.31 bits per heavy atom. The number of aromatic nitrogens is 3. The fourth-order valence-electron chi connectivity index (χ4n) is 1.79. The van der Waals surface area contributed by atoms with Crippen molar-refractivity contribution in [2.24, 2.45) is 5.92 Å². The fourth-order valence-corrected chi connectivity index (χ4v) is 1.79. The molecule has 2 rings (SSSR count). The van der Waals surface area contributed by atoms with Gasteiger partial charge in [-0.3, -0.25) is 9.78 Å². The lowest BCUT2D eigenvalue weighted by molar-refractivity contribution is 0.389. The second-order valence-electron chi connectivity index (χ2n) is 3.93. The van der Waals surface area contributed by atoms with E-state index < -0.39 is 11.2 Å². The molecule has 4 N–H and O–H groups in total. The van der Waals surface area contributed by atoms with Gasteiger partial charge in [-0.05, 0) is 31.8 Å². The average Bonchev–Trinajstić information content (AvgIpc) is 2.29. The van der Waals surface area contributed by atoms with Crippen molar-refractivity contribution < 1.29 is 0 Å². The van der Waals surface area contributed by atoms with Crippen molar-refractivity contribution in [3.63, 3.8) is 0 Å². The molecule has 0 aromatic carbocycles. The first-order valence-corrected chi connectivity index (χ1v) is 5.39. The summed E-state index contributed by atoms with van der Waals surface area (Å²) in [7, 11) is 0. The van der Waals surface area contributed by atoms with E-state index in [1.165, 1.54) is 0 Å². The zero-order valence-electron chi connectivity index (χ0n) is 8.88. The molecule has 0 spiro atoms. The number of piperidine rings is 1. The van der Waals surface area contributed by atoms with E-state index in [0.717, 1.165) is 25.9 Å². The molecule has 1 fully saturated rings. The molecule has 1 aromatic rings. The van der Waals surface area contributed by atoms with Gasteiger partial charge in [0.2, 0.25) is 5.82 Å². The minimum absolute atomic E-state index is 0.179. The Morgan fingerprint density at radius 3 is 2.75 bits per heavy atom. The maximum Gasteiger partial charge on any atom is 0.342 e. The van der Waals surface area contributed by atoms with Crippen LogP contribution in [-0.2, 0) is 0 Å². The van der Waals surface area contributed by atoms with Crippen LogP contribution in [0.2, 0.25) is 0 Å². The van der Waals surface area contributed by atoms with Crippen LogP contribution in [0.15, 0.2) is 9.59 Å². The quantitative estimate of drug-likeness (QED) is 0.521. The van der Waals surface area contributed by atoms with Gasteiger partial charge in [0.1, 0.15) is 0 Å². The van der Waals surface area contributed by atoms with E-state index in [2.05, 4.69) is 25.8 Å². The van der Waals surface area contributed by atoms with Gasteiger partial charge in [-0.1, -0.05) is 0 Å². The van der Waals surface area contributed by atoms with Crippen LogP contribution in [0, 0.1) is 5.92 Å². The monoisotopic (exact) mass is 225 g/mol. The topological polar surface area (TPSA) is 103 Å². The first-order chi connectivity index (χ1) is 7.75. The second-order valence-corrected chi connectivity index (χ2v) is 3.93. The number of rotatable bonds is 3. The van der Waals surface area contributed by atoms with Crippen molar-refractivity contribution >= 4 is 5.82 Å². The highest BCUT2D eigenvalue weighted by Gasteiger charge is 2.13. The fraction of sp³-hybridized carbons (Fsp3) is 0.667. The maximum absolute atomic E-state index is 11.3. The summed E-state index contributed by atoms with van der Waals surface area (Å²) in [4.78, 5) is 24.2. The van der Waals surface area contributed by atoms with Crippen molar-refractivity contribution in [1.82, 2.24) is 20.5 Å². The largest absolute Gasteiger partial charge is 0.364 e. The third-order valence-corrected chi connectivity index (χ3v) is 2.73. The predicted molar refractivity (Wildman–Crippen MR) is 59.6 cm³/mol. The summed E-state index contributed by atoms with van der Waals surface area (Å²) < 4.78 is 0. The summed E-state index contributed by atoms with van der Waals surface area (Å²) in [6, 6.07) is 0. The lowest BCUT2D eigenvalue weighted by Gasteiger charge is -2.22. The van der Waals surface area contributed by atoms with Crippen LogP contribution < -0.4 is 21.9 Å². The van der Waals surface area contributed by atoms with E-state index in [9.17, 15) is 9.59 Å². The highest BCUT2D eigenvalue weighted by atomic mass is 16.2. The highest BCUT2D eigenvalue weighted by Crippen LogP contribution is 2.10. The summed E-state index contributed by atoms with van der Waals surface area (Å²) in [5.74, 6) is 0.729. The SMILES string of the molecule is O=c1[nH]nc(NCC2CCNCC2)c(=O)[nH]1. The lowest BCUT2D eigenvalue weighted by Crippen LogP contribution is -2.33. The highest BCUT2D eigenvalue weighted by molar-refractivity contribution is 5.28. The van der Waals surface area contributed by atoms with Crippen molar-refractivity contribution in [3.05, 3.63) is 20.8 Å². The van der Waals surface area contributed by atoms with E-state index in [0.29, 0.717) is 12.5 Å². The second kappa shape index (κ2) is 4.93.